The van der Waals surface area contributed by atoms with E-state index in [9.17, 15) is 4.79 Å². The molecular formula is C20H28N2O. The van der Waals surface area contributed by atoms with Crippen molar-refractivity contribution in [3.8, 4) is 0 Å². The van der Waals surface area contributed by atoms with Gasteiger partial charge in [0.1, 0.15) is 0 Å². The van der Waals surface area contributed by atoms with E-state index in [4.69, 9.17) is 0 Å². The summed E-state index contributed by atoms with van der Waals surface area (Å²) in [6, 6.07) is 10.5. The van der Waals surface area contributed by atoms with Crippen LogP contribution < -0.4 is 5.32 Å². The Bertz CT molecular complexity index is 542. The zero-order chi connectivity index (χ0) is 16.1. The van der Waals surface area contributed by atoms with Crippen molar-refractivity contribution in [2.45, 2.75) is 45.1 Å². The summed E-state index contributed by atoms with van der Waals surface area (Å²) in [5.74, 6) is 0.936. The summed E-state index contributed by atoms with van der Waals surface area (Å²) >= 11 is 0. The molecule has 1 N–H and O–H groups in total. The van der Waals surface area contributed by atoms with Crippen molar-refractivity contribution >= 4 is 11.5 Å². The molecule has 1 aromatic rings. The highest BCUT2D eigenvalue weighted by molar-refractivity contribution is 6.19. The third-order valence-electron chi connectivity index (χ3n) is 4.74. The van der Waals surface area contributed by atoms with Crippen molar-refractivity contribution in [3.05, 3.63) is 42.0 Å². The molecule has 0 aromatic heterocycles. The van der Waals surface area contributed by atoms with Gasteiger partial charge in [-0.05, 0) is 50.1 Å². The second kappa shape index (κ2) is 7.78. The van der Waals surface area contributed by atoms with Gasteiger partial charge in [-0.3, -0.25) is 4.79 Å². The molecule has 3 nitrogen and oxygen atoms in total. The van der Waals surface area contributed by atoms with Crippen molar-refractivity contribution in [1.82, 2.24) is 10.2 Å². The molecule has 2 fully saturated rings. The van der Waals surface area contributed by atoms with Crippen LogP contribution in [0.15, 0.2) is 36.4 Å². The lowest BCUT2D eigenvalue weighted by Gasteiger charge is -2.24. The Morgan fingerprint density at radius 3 is 2.65 bits per heavy atom. The van der Waals surface area contributed by atoms with Gasteiger partial charge in [-0.25, -0.2) is 0 Å². The second-order valence-electron chi connectivity index (χ2n) is 6.84. The van der Waals surface area contributed by atoms with Crippen molar-refractivity contribution in [1.29, 1.82) is 0 Å². The third-order valence-corrected chi connectivity index (χ3v) is 4.74. The van der Waals surface area contributed by atoms with Crippen LogP contribution in [-0.2, 0) is 4.79 Å². The molecule has 1 heterocycles. The number of amides is 1. The Balaban J connectivity index is 1.84. The minimum Gasteiger partial charge on any atom is -0.338 e. The second-order valence-corrected chi connectivity index (χ2v) is 6.84. The molecule has 1 saturated heterocycles. The maximum absolute atomic E-state index is 13.2. The molecule has 0 bridgehead atoms. The van der Waals surface area contributed by atoms with E-state index in [0.29, 0.717) is 6.04 Å². The Kier molecular flexibility index (Phi) is 5.50. The van der Waals surface area contributed by atoms with Crippen LogP contribution in [0.4, 0.5) is 0 Å². The van der Waals surface area contributed by atoms with Gasteiger partial charge >= 0.3 is 0 Å². The molecule has 2 aliphatic rings. The first kappa shape index (κ1) is 16.3. The Morgan fingerprint density at radius 1 is 1.26 bits per heavy atom. The van der Waals surface area contributed by atoms with Crippen LogP contribution in [0.1, 0.15) is 44.6 Å². The summed E-state index contributed by atoms with van der Waals surface area (Å²) in [6.07, 6.45) is 8.06. The van der Waals surface area contributed by atoms with E-state index in [0.717, 1.165) is 49.5 Å². The van der Waals surface area contributed by atoms with Gasteiger partial charge in [-0.2, -0.15) is 0 Å². The van der Waals surface area contributed by atoms with E-state index >= 15 is 0 Å². The highest BCUT2D eigenvalue weighted by atomic mass is 16.2. The molecule has 1 amide bonds. The summed E-state index contributed by atoms with van der Waals surface area (Å²) in [5, 5.41) is 3.49. The summed E-state index contributed by atoms with van der Waals surface area (Å²) < 4.78 is 0. The fourth-order valence-electron chi connectivity index (χ4n) is 3.29. The van der Waals surface area contributed by atoms with Gasteiger partial charge in [0.05, 0.1) is 0 Å². The van der Waals surface area contributed by atoms with Gasteiger partial charge in [-0.1, -0.05) is 43.3 Å². The van der Waals surface area contributed by atoms with Crippen LogP contribution >= 0.6 is 0 Å². The van der Waals surface area contributed by atoms with Gasteiger partial charge < -0.3 is 10.2 Å². The lowest BCUT2D eigenvalue weighted by atomic mass is 10.0. The molecule has 3 heteroatoms. The summed E-state index contributed by atoms with van der Waals surface area (Å²) in [6.45, 7) is 4.99. The minimum atomic E-state index is 0.207. The van der Waals surface area contributed by atoms with Crippen LogP contribution in [-0.4, -0.2) is 36.5 Å². The standard InChI is InChI=1S/C20H28N2O/c1-2-13-22(15-16-10-11-16)20(23)19(14-18-9-6-12-21-18)17-7-4-3-5-8-17/h3-5,7-8,14,16,18,21H,2,6,9-13,15H2,1H3/b19-14-. The van der Waals surface area contributed by atoms with E-state index in [1.165, 1.54) is 19.3 Å². The average Bonchev–Trinajstić information content (AvgIpc) is 3.25. The Labute approximate surface area is 139 Å². The van der Waals surface area contributed by atoms with Gasteiger partial charge in [0.25, 0.3) is 5.91 Å². The largest absolute Gasteiger partial charge is 0.338 e. The lowest BCUT2D eigenvalue weighted by molar-refractivity contribution is -0.125. The highest BCUT2D eigenvalue weighted by Crippen LogP contribution is 2.31. The Hall–Kier alpha value is -1.61. The van der Waals surface area contributed by atoms with Crippen molar-refractivity contribution in [2.24, 2.45) is 5.92 Å². The molecule has 1 atom stereocenters. The number of hydrogen-bond donors (Lipinski definition) is 1. The fourth-order valence-corrected chi connectivity index (χ4v) is 3.29. The zero-order valence-electron chi connectivity index (χ0n) is 14.1. The van der Waals surface area contributed by atoms with E-state index in [1.807, 2.05) is 18.2 Å². The van der Waals surface area contributed by atoms with Crippen LogP contribution in [0.25, 0.3) is 5.57 Å². The third kappa shape index (κ3) is 4.44. The van der Waals surface area contributed by atoms with Gasteiger partial charge in [-0.15, -0.1) is 0 Å². The predicted molar refractivity (Wildman–Crippen MR) is 95.0 cm³/mol. The predicted octanol–water partition coefficient (Wildman–Crippen LogP) is 3.47. The maximum atomic E-state index is 13.2. The average molecular weight is 312 g/mol. The summed E-state index contributed by atoms with van der Waals surface area (Å²) in [7, 11) is 0. The normalized spacial score (nSPS) is 21.4. The highest BCUT2D eigenvalue weighted by Gasteiger charge is 2.28. The Morgan fingerprint density at radius 2 is 2.04 bits per heavy atom. The lowest BCUT2D eigenvalue weighted by Crippen LogP contribution is -2.35. The molecule has 3 rings (SSSR count). The maximum Gasteiger partial charge on any atom is 0.254 e. The first-order chi connectivity index (χ1) is 11.3. The smallest absolute Gasteiger partial charge is 0.254 e. The monoisotopic (exact) mass is 312 g/mol. The SMILES string of the molecule is CCCN(CC1CC1)C(=O)/C(=C\C1CCCN1)c1ccccc1. The number of nitrogens with one attached hydrogen (secondary N) is 1. The fraction of sp³-hybridized carbons (Fsp3) is 0.550. The molecular weight excluding hydrogens is 284 g/mol. The quantitative estimate of drug-likeness (QED) is 0.782. The number of benzene rings is 1. The molecule has 0 radical (unpaired) electrons. The van der Waals surface area contributed by atoms with Crippen molar-refractivity contribution in [3.63, 3.8) is 0 Å². The van der Waals surface area contributed by atoms with Gasteiger partial charge in [0.15, 0.2) is 0 Å². The van der Waals surface area contributed by atoms with Gasteiger partial charge in [0, 0.05) is 24.7 Å². The topological polar surface area (TPSA) is 32.3 Å². The van der Waals surface area contributed by atoms with Gasteiger partial charge in [0.2, 0.25) is 0 Å². The van der Waals surface area contributed by atoms with E-state index < -0.39 is 0 Å². The molecule has 1 unspecified atom stereocenters. The molecule has 1 saturated carbocycles. The molecule has 1 aliphatic heterocycles. The minimum absolute atomic E-state index is 0.207. The zero-order valence-corrected chi connectivity index (χ0v) is 14.1. The summed E-state index contributed by atoms with van der Waals surface area (Å²) in [5.41, 5.74) is 1.92. The van der Waals surface area contributed by atoms with E-state index in [2.05, 4.69) is 35.3 Å². The van der Waals surface area contributed by atoms with Crippen molar-refractivity contribution < 1.29 is 4.79 Å². The van der Waals surface area contributed by atoms with Crippen molar-refractivity contribution in [2.75, 3.05) is 19.6 Å². The summed E-state index contributed by atoms with van der Waals surface area (Å²) in [4.78, 5) is 15.3. The molecule has 1 aromatic carbocycles. The first-order valence-corrected chi connectivity index (χ1v) is 9.08. The first-order valence-electron chi connectivity index (χ1n) is 9.08. The number of carbonyl (C=O) groups excluding carboxylic acids is 1. The number of hydrogen-bond acceptors (Lipinski definition) is 2. The van der Waals surface area contributed by atoms with Crippen LogP contribution in [0.3, 0.4) is 0 Å². The number of rotatable bonds is 7. The van der Waals surface area contributed by atoms with Crippen LogP contribution in [0.5, 0.6) is 0 Å². The molecule has 23 heavy (non-hydrogen) atoms. The number of nitrogens with zero attached hydrogens (tertiary/aromatic N) is 1. The molecule has 0 spiro atoms. The van der Waals surface area contributed by atoms with E-state index in [-0.39, 0.29) is 5.91 Å². The molecule has 124 valence electrons. The molecule has 1 aliphatic carbocycles. The van der Waals surface area contributed by atoms with E-state index in [1.54, 1.807) is 0 Å². The number of carbonyl (C=O) groups is 1. The van der Waals surface area contributed by atoms with Crippen LogP contribution in [0, 0.1) is 5.92 Å². The van der Waals surface area contributed by atoms with Crippen LogP contribution in [0.2, 0.25) is 0 Å².